The highest BCUT2D eigenvalue weighted by Crippen LogP contribution is 2.37. The van der Waals surface area contributed by atoms with Crippen molar-refractivity contribution in [2.45, 2.75) is 37.8 Å². The molecule has 1 saturated heterocycles. The number of hydrogen-bond acceptors (Lipinski definition) is 4. The minimum absolute atomic E-state index is 0.0649. The number of rotatable bonds is 5. The monoisotopic (exact) mass is 346 g/mol. The smallest absolute Gasteiger partial charge is 0.341 e. The molecule has 2 fully saturated rings. The molecule has 0 spiro atoms. The van der Waals surface area contributed by atoms with Gasteiger partial charge in [0.2, 0.25) is 5.43 Å². The van der Waals surface area contributed by atoms with Crippen molar-refractivity contribution in [2.24, 2.45) is 0 Å². The van der Waals surface area contributed by atoms with Crippen LogP contribution in [0.4, 0.5) is 10.1 Å². The van der Waals surface area contributed by atoms with E-state index in [0.717, 1.165) is 38.4 Å². The van der Waals surface area contributed by atoms with E-state index in [2.05, 4.69) is 5.32 Å². The highest BCUT2D eigenvalue weighted by molar-refractivity contribution is 5.93. The van der Waals surface area contributed by atoms with Crippen molar-refractivity contribution >= 4 is 22.6 Å². The minimum Gasteiger partial charge on any atom is -0.477 e. The molecule has 1 atom stereocenters. The molecular weight excluding hydrogens is 327 g/mol. The average molecular weight is 346 g/mol. The maximum Gasteiger partial charge on any atom is 0.341 e. The summed E-state index contributed by atoms with van der Waals surface area (Å²) in [6, 6.07) is 2.91. The van der Waals surface area contributed by atoms with Gasteiger partial charge in [-0.3, -0.25) is 4.79 Å². The fourth-order valence-electron chi connectivity index (χ4n) is 3.34. The Kier molecular flexibility index (Phi) is 3.95. The van der Waals surface area contributed by atoms with Crippen molar-refractivity contribution in [1.29, 1.82) is 0 Å². The van der Waals surface area contributed by atoms with E-state index in [0.29, 0.717) is 17.7 Å². The van der Waals surface area contributed by atoms with Crippen LogP contribution >= 0.6 is 0 Å². The Hall–Kier alpha value is -2.41. The molecular formula is C18H19FN2O4. The second kappa shape index (κ2) is 6.15. The quantitative estimate of drug-likeness (QED) is 0.870. The van der Waals surface area contributed by atoms with Crippen LogP contribution in [0.3, 0.4) is 0 Å². The maximum absolute atomic E-state index is 14.5. The van der Waals surface area contributed by atoms with Crippen molar-refractivity contribution in [3.63, 3.8) is 0 Å². The van der Waals surface area contributed by atoms with Crippen LogP contribution in [0.2, 0.25) is 0 Å². The molecule has 1 aliphatic carbocycles. The zero-order chi connectivity index (χ0) is 17.6. The Labute approximate surface area is 143 Å². The van der Waals surface area contributed by atoms with Crippen LogP contribution in [0.1, 0.15) is 42.1 Å². The number of hydrogen-bond donors (Lipinski definition) is 2. The van der Waals surface area contributed by atoms with Gasteiger partial charge in [0.1, 0.15) is 11.4 Å². The van der Waals surface area contributed by atoms with Crippen LogP contribution in [0.5, 0.6) is 0 Å². The molecule has 0 bridgehead atoms. The molecule has 1 aromatic heterocycles. The van der Waals surface area contributed by atoms with Crippen LogP contribution in [-0.4, -0.2) is 34.9 Å². The summed E-state index contributed by atoms with van der Waals surface area (Å²) >= 11 is 0. The van der Waals surface area contributed by atoms with Crippen molar-refractivity contribution in [3.05, 3.63) is 39.9 Å². The first-order valence-corrected chi connectivity index (χ1v) is 8.52. The lowest BCUT2D eigenvalue weighted by atomic mass is 10.1. The Balaban J connectivity index is 1.78. The number of carboxylic acid groups (broad SMARTS) is 1. The number of pyridine rings is 1. The van der Waals surface area contributed by atoms with Gasteiger partial charge in [-0.1, -0.05) is 0 Å². The molecule has 0 radical (unpaired) electrons. The van der Waals surface area contributed by atoms with Gasteiger partial charge >= 0.3 is 5.97 Å². The van der Waals surface area contributed by atoms with E-state index in [4.69, 9.17) is 4.74 Å². The van der Waals surface area contributed by atoms with Crippen LogP contribution in [-0.2, 0) is 4.74 Å². The standard InChI is InChI=1S/C18H19FN2O4/c19-14-6-12-16(7-15(14)20-8-11-2-1-5-25-11)21(10-3-4-10)9-13(17(12)22)18(23)24/h6-7,9-11,20H,1-5,8H2,(H,23,24). The van der Waals surface area contributed by atoms with Gasteiger partial charge in [-0.2, -0.15) is 0 Å². The second-order valence-corrected chi connectivity index (χ2v) is 6.68. The normalized spacial score (nSPS) is 20.1. The lowest BCUT2D eigenvalue weighted by Crippen LogP contribution is -2.21. The van der Waals surface area contributed by atoms with Gasteiger partial charge in [-0.15, -0.1) is 0 Å². The van der Waals surface area contributed by atoms with E-state index in [-0.39, 0.29) is 23.1 Å². The third-order valence-electron chi connectivity index (χ3n) is 4.84. The molecule has 1 aromatic carbocycles. The van der Waals surface area contributed by atoms with E-state index in [1.165, 1.54) is 6.20 Å². The van der Waals surface area contributed by atoms with E-state index in [1.807, 2.05) is 0 Å². The highest BCUT2D eigenvalue weighted by atomic mass is 19.1. The molecule has 6 nitrogen and oxygen atoms in total. The number of aromatic carboxylic acids is 1. The predicted molar refractivity (Wildman–Crippen MR) is 90.9 cm³/mol. The molecule has 2 N–H and O–H groups in total. The number of aromatic nitrogens is 1. The molecule has 1 aliphatic heterocycles. The summed E-state index contributed by atoms with van der Waals surface area (Å²) in [6.45, 7) is 1.23. The van der Waals surface area contributed by atoms with Gasteiger partial charge in [0.25, 0.3) is 0 Å². The third-order valence-corrected chi connectivity index (χ3v) is 4.84. The summed E-state index contributed by atoms with van der Waals surface area (Å²) in [4.78, 5) is 23.7. The molecule has 4 rings (SSSR count). The molecule has 1 unspecified atom stereocenters. The summed E-state index contributed by atoms with van der Waals surface area (Å²) in [5, 5.41) is 12.4. The Morgan fingerprint density at radius 1 is 1.36 bits per heavy atom. The van der Waals surface area contributed by atoms with Gasteiger partial charge in [-0.25, -0.2) is 9.18 Å². The van der Waals surface area contributed by atoms with Crippen molar-refractivity contribution in [1.82, 2.24) is 4.57 Å². The van der Waals surface area contributed by atoms with Crippen molar-refractivity contribution < 1.29 is 19.0 Å². The topological polar surface area (TPSA) is 80.6 Å². The summed E-state index contributed by atoms with van der Waals surface area (Å²) in [7, 11) is 0. The van der Waals surface area contributed by atoms with E-state index in [9.17, 15) is 19.1 Å². The molecule has 0 amide bonds. The number of anilines is 1. The number of fused-ring (bicyclic) bond motifs is 1. The highest BCUT2D eigenvalue weighted by Gasteiger charge is 2.27. The first-order valence-electron chi connectivity index (χ1n) is 8.52. The SMILES string of the molecule is O=C(O)c1cn(C2CC2)c2cc(NCC3CCCO3)c(F)cc2c1=O. The largest absolute Gasteiger partial charge is 0.477 e. The Morgan fingerprint density at radius 3 is 2.80 bits per heavy atom. The average Bonchev–Trinajstić information content (AvgIpc) is 3.29. The van der Waals surface area contributed by atoms with E-state index >= 15 is 0 Å². The number of carboxylic acids is 1. The first-order chi connectivity index (χ1) is 12.0. The van der Waals surface area contributed by atoms with Gasteiger partial charge in [0.05, 0.1) is 17.3 Å². The van der Waals surface area contributed by atoms with Gasteiger partial charge in [-0.05, 0) is 37.8 Å². The number of nitrogens with one attached hydrogen (secondary N) is 1. The van der Waals surface area contributed by atoms with Gasteiger partial charge in [0.15, 0.2) is 0 Å². The van der Waals surface area contributed by atoms with Gasteiger partial charge in [0, 0.05) is 30.8 Å². The van der Waals surface area contributed by atoms with Gasteiger partial charge < -0.3 is 19.7 Å². The molecule has 2 aromatic rings. The number of nitrogens with zero attached hydrogens (tertiary/aromatic N) is 1. The lowest BCUT2D eigenvalue weighted by molar-refractivity contribution is 0.0695. The molecule has 7 heteroatoms. The predicted octanol–water partition coefficient (Wildman–Crippen LogP) is 2.76. The lowest BCUT2D eigenvalue weighted by Gasteiger charge is -2.16. The van der Waals surface area contributed by atoms with Crippen LogP contribution < -0.4 is 10.7 Å². The first kappa shape index (κ1) is 16.1. The number of ether oxygens (including phenoxy) is 1. The Bertz CT molecular complexity index is 898. The van der Waals surface area contributed by atoms with Crippen molar-refractivity contribution in [2.75, 3.05) is 18.5 Å². The molecule has 132 valence electrons. The number of benzene rings is 1. The zero-order valence-corrected chi connectivity index (χ0v) is 13.6. The zero-order valence-electron chi connectivity index (χ0n) is 13.6. The minimum atomic E-state index is -1.29. The van der Waals surface area contributed by atoms with Crippen LogP contribution in [0, 0.1) is 5.82 Å². The number of halogens is 1. The fraction of sp³-hybridized carbons (Fsp3) is 0.444. The third kappa shape index (κ3) is 3.00. The van der Waals surface area contributed by atoms with Crippen LogP contribution in [0.25, 0.3) is 10.9 Å². The van der Waals surface area contributed by atoms with Crippen molar-refractivity contribution in [3.8, 4) is 0 Å². The summed E-state index contributed by atoms with van der Waals surface area (Å²) in [5.41, 5.74) is -0.101. The fourth-order valence-corrected chi connectivity index (χ4v) is 3.34. The maximum atomic E-state index is 14.5. The van der Waals surface area contributed by atoms with E-state index in [1.54, 1.807) is 10.6 Å². The summed E-state index contributed by atoms with van der Waals surface area (Å²) < 4.78 is 21.8. The molecule has 25 heavy (non-hydrogen) atoms. The molecule has 2 heterocycles. The Morgan fingerprint density at radius 2 is 2.16 bits per heavy atom. The van der Waals surface area contributed by atoms with Crippen LogP contribution in [0.15, 0.2) is 23.1 Å². The molecule has 2 aliphatic rings. The number of carbonyl (C=O) groups is 1. The summed E-state index contributed by atoms with van der Waals surface area (Å²) in [6.07, 6.45) is 5.24. The molecule has 1 saturated carbocycles. The second-order valence-electron chi connectivity index (χ2n) is 6.68. The van der Waals surface area contributed by atoms with E-state index < -0.39 is 17.2 Å². The summed E-state index contributed by atoms with van der Waals surface area (Å²) in [5.74, 6) is -1.85.